The molecule has 0 unspecified atom stereocenters. The second-order valence-electron chi connectivity index (χ2n) is 8.70. The minimum atomic E-state index is -0.684. The minimum Gasteiger partial charge on any atom is -0.460 e. The number of esters is 2. The second kappa shape index (κ2) is 10.3. The summed E-state index contributed by atoms with van der Waals surface area (Å²) in [5.41, 5.74) is 0.209. The van der Waals surface area contributed by atoms with E-state index in [1.165, 1.54) is 0 Å². The van der Waals surface area contributed by atoms with Gasteiger partial charge in [-0.2, -0.15) is 0 Å². The van der Waals surface area contributed by atoms with Crippen molar-refractivity contribution >= 4 is 18.0 Å². The molecule has 2 aromatic carbocycles. The van der Waals surface area contributed by atoms with Gasteiger partial charge in [0.05, 0.1) is 23.2 Å². The largest absolute Gasteiger partial charge is 0.460 e. The van der Waals surface area contributed by atoms with Crippen molar-refractivity contribution < 1.29 is 28.6 Å². The van der Waals surface area contributed by atoms with Crippen LogP contribution in [0.4, 0.5) is 4.79 Å². The number of carbonyl (C=O) groups excluding carboxylic acids is 3. The molecule has 1 amide bonds. The lowest BCUT2D eigenvalue weighted by Crippen LogP contribution is -2.47. The van der Waals surface area contributed by atoms with Crippen LogP contribution in [0.5, 0.6) is 0 Å². The molecule has 7 nitrogen and oxygen atoms in total. The van der Waals surface area contributed by atoms with Crippen LogP contribution in [-0.2, 0) is 14.2 Å². The number of likely N-dealkylation sites (tertiary alicyclic amines) is 1. The third-order valence-electron chi connectivity index (χ3n) is 5.06. The summed E-state index contributed by atoms with van der Waals surface area (Å²) in [7, 11) is 0. The van der Waals surface area contributed by atoms with E-state index in [2.05, 4.69) is 0 Å². The third kappa shape index (κ3) is 6.33. The van der Waals surface area contributed by atoms with Crippen LogP contribution >= 0.6 is 0 Å². The van der Waals surface area contributed by atoms with Crippen LogP contribution in [0.25, 0.3) is 0 Å². The lowest BCUT2D eigenvalue weighted by molar-refractivity contribution is -0.00655. The first-order valence-corrected chi connectivity index (χ1v) is 10.7. The van der Waals surface area contributed by atoms with E-state index in [4.69, 9.17) is 14.2 Å². The van der Waals surface area contributed by atoms with Gasteiger partial charge in [-0.1, -0.05) is 36.4 Å². The minimum absolute atomic E-state index is 0.0378. The zero-order chi connectivity index (χ0) is 23.1. The molecule has 3 rings (SSSR count). The van der Waals surface area contributed by atoms with E-state index in [0.717, 1.165) is 0 Å². The number of hydrogen-bond acceptors (Lipinski definition) is 6. The van der Waals surface area contributed by atoms with Gasteiger partial charge in [0.2, 0.25) is 0 Å². The maximum absolute atomic E-state index is 12.9. The maximum Gasteiger partial charge on any atom is 0.411 e. The number of hydrogen-bond donors (Lipinski definition) is 0. The highest BCUT2D eigenvalue weighted by Crippen LogP contribution is 2.28. The molecule has 0 N–H and O–H groups in total. The van der Waals surface area contributed by atoms with Gasteiger partial charge in [0.25, 0.3) is 0 Å². The van der Waals surface area contributed by atoms with Crippen LogP contribution in [0.1, 0.15) is 54.3 Å². The molecule has 2 atom stereocenters. The topological polar surface area (TPSA) is 82.1 Å². The summed E-state index contributed by atoms with van der Waals surface area (Å²) < 4.78 is 16.5. The van der Waals surface area contributed by atoms with Crippen molar-refractivity contribution in [2.45, 2.75) is 51.3 Å². The number of nitrogens with zero attached hydrogens (tertiary/aromatic N) is 1. The van der Waals surface area contributed by atoms with Crippen LogP contribution in [-0.4, -0.2) is 53.8 Å². The molecule has 7 heteroatoms. The molecule has 0 saturated carbocycles. The van der Waals surface area contributed by atoms with E-state index in [-0.39, 0.29) is 25.3 Å². The van der Waals surface area contributed by atoms with Crippen LogP contribution < -0.4 is 0 Å². The van der Waals surface area contributed by atoms with Gasteiger partial charge in [0.15, 0.2) is 0 Å². The molecular weight excluding hydrogens is 410 g/mol. The first kappa shape index (κ1) is 23.3. The molecule has 1 aliphatic heterocycles. The second-order valence-corrected chi connectivity index (χ2v) is 8.70. The molecule has 0 spiro atoms. The first-order valence-electron chi connectivity index (χ1n) is 10.7. The Morgan fingerprint density at radius 2 is 1.19 bits per heavy atom. The summed E-state index contributed by atoms with van der Waals surface area (Å²) in [5, 5.41) is 0. The van der Waals surface area contributed by atoms with Crippen LogP contribution in [0.3, 0.4) is 0 Å². The van der Waals surface area contributed by atoms with Crippen molar-refractivity contribution in [2.24, 2.45) is 0 Å². The van der Waals surface area contributed by atoms with Gasteiger partial charge in [0.1, 0.15) is 18.8 Å². The highest BCUT2D eigenvalue weighted by molar-refractivity contribution is 5.89. The molecule has 0 aliphatic carbocycles. The lowest BCUT2D eigenvalue weighted by atomic mass is 10.2. The zero-order valence-corrected chi connectivity index (χ0v) is 18.7. The smallest absolute Gasteiger partial charge is 0.411 e. The molecule has 2 aromatic rings. The van der Waals surface area contributed by atoms with Gasteiger partial charge in [-0.15, -0.1) is 0 Å². The molecule has 1 fully saturated rings. The van der Waals surface area contributed by atoms with E-state index < -0.39 is 23.6 Å². The number of carbonyl (C=O) groups is 3. The van der Waals surface area contributed by atoms with Crippen LogP contribution in [0.15, 0.2) is 60.7 Å². The summed E-state index contributed by atoms with van der Waals surface area (Å²) in [5.74, 6) is -0.901. The molecule has 0 aromatic heterocycles. The number of ether oxygens (including phenoxy) is 3. The number of benzene rings is 2. The molecule has 1 saturated heterocycles. The third-order valence-corrected chi connectivity index (χ3v) is 5.06. The fraction of sp³-hybridized carbons (Fsp3) is 0.400. The monoisotopic (exact) mass is 439 g/mol. The standard InChI is InChI=1S/C25H29NO6/c1-25(2,3)32-24(29)26-20(16-30-22(27)18-10-6-4-7-11-18)14-15-21(26)17-31-23(28)19-12-8-5-9-13-19/h4-13,20-21H,14-17H2,1-3H3/t20-,21-/m0/s1. The fourth-order valence-electron chi connectivity index (χ4n) is 3.56. The van der Waals surface area contributed by atoms with Crippen LogP contribution in [0.2, 0.25) is 0 Å². The van der Waals surface area contributed by atoms with Crippen molar-refractivity contribution in [2.75, 3.05) is 13.2 Å². The van der Waals surface area contributed by atoms with Gasteiger partial charge in [0, 0.05) is 0 Å². The quantitative estimate of drug-likeness (QED) is 0.488. The molecule has 170 valence electrons. The summed E-state index contributed by atoms with van der Waals surface area (Å²) in [6.07, 6.45) is 0.695. The van der Waals surface area contributed by atoms with Crippen molar-refractivity contribution in [1.82, 2.24) is 4.90 Å². The Morgan fingerprint density at radius 3 is 1.56 bits per heavy atom. The first-order chi connectivity index (χ1) is 15.2. The van der Waals surface area contributed by atoms with Crippen molar-refractivity contribution in [3.63, 3.8) is 0 Å². The van der Waals surface area contributed by atoms with Crippen molar-refractivity contribution in [1.29, 1.82) is 0 Å². The van der Waals surface area contributed by atoms with Gasteiger partial charge >= 0.3 is 18.0 Å². The molecule has 32 heavy (non-hydrogen) atoms. The molecule has 1 heterocycles. The van der Waals surface area contributed by atoms with E-state index in [9.17, 15) is 14.4 Å². The van der Waals surface area contributed by atoms with E-state index in [0.29, 0.717) is 24.0 Å². The SMILES string of the molecule is CC(C)(C)OC(=O)N1[C@H](COC(=O)c2ccccc2)CC[C@H]1COC(=O)c1ccccc1. The van der Waals surface area contributed by atoms with E-state index in [1.54, 1.807) is 74.2 Å². The lowest BCUT2D eigenvalue weighted by Gasteiger charge is -2.32. The molecule has 0 radical (unpaired) electrons. The Morgan fingerprint density at radius 1 is 0.781 bits per heavy atom. The summed E-state index contributed by atoms with van der Waals surface area (Å²) in [6, 6.07) is 16.7. The summed E-state index contributed by atoms with van der Waals surface area (Å²) in [6.45, 7) is 5.44. The predicted octanol–water partition coefficient (Wildman–Crippen LogP) is 4.47. The zero-order valence-electron chi connectivity index (χ0n) is 18.7. The molecular formula is C25H29NO6. The Kier molecular flexibility index (Phi) is 7.51. The Hall–Kier alpha value is -3.35. The highest BCUT2D eigenvalue weighted by Gasteiger charge is 2.40. The summed E-state index contributed by atoms with van der Waals surface area (Å²) >= 11 is 0. The number of rotatable bonds is 6. The average Bonchev–Trinajstić information content (AvgIpc) is 3.19. The fourth-order valence-corrected chi connectivity index (χ4v) is 3.56. The maximum atomic E-state index is 12.9. The van der Waals surface area contributed by atoms with Gasteiger partial charge in [-0.3, -0.25) is 4.90 Å². The van der Waals surface area contributed by atoms with Gasteiger partial charge in [-0.05, 0) is 57.9 Å². The highest BCUT2D eigenvalue weighted by atomic mass is 16.6. The van der Waals surface area contributed by atoms with Gasteiger partial charge < -0.3 is 14.2 Å². The van der Waals surface area contributed by atoms with Crippen LogP contribution in [0, 0.1) is 0 Å². The molecule has 0 bridgehead atoms. The molecule has 1 aliphatic rings. The Bertz CT molecular complexity index is 859. The van der Waals surface area contributed by atoms with Crippen molar-refractivity contribution in [3.8, 4) is 0 Å². The Labute approximate surface area is 188 Å². The average molecular weight is 440 g/mol. The number of amides is 1. The van der Waals surface area contributed by atoms with E-state index >= 15 is 0 Å². The summed E-state index contributed by atoms with van der Waals surface area (Å²) in [4.78, 5) is 39.1. The normalized spacial score (nSPS) is 18.2. The van der Waals surface area contributed by atoms with E-state index in [1.807, 2.05) is 12.1 Å². The van der Waals surface area contributed by atoms with Crippen molar-refractivity contribution in [3.05, 3.63) is 71.8 Å². The Balaban J connectivity index is 1.66. The predicted molar refractivity (Wildman–Crippen MR) is 118 cm³/mol. The van der Waals surface area contributed by atoms with Gasteiger partial charge in [-0.25, -0.2) is 14.4 Å².